The van der Waals surface area contributed by atoms with Crippen molar-refractivity contribution in [2.24, 2.45) is 5.84 Å². The fourth-order valence-electron chi connectivity index (χ4n) is 1.46. The Labute approximate surface area is 120 Å². The van der Waals surface area contributed by atoms with Crippen molar-refractivity contribution in [2.45, 2.75) is 13.0 Å². The van der Waals surface area contributed by atoms with Crippen LogP contribution < -0.4 is 21.3 Å². The Balaban J connectivity index is 2.02. The Hall–Kier alpha value is -1.97. The van der Waals surface area contributed by atoms with Gasteiger partial charge in [0, 0.05) is 6.54 Å². The summed E-state index contributed by atoms with van der Waals surface area (Å²) >= 11 is 1.53. The number of nitrogen functional groups attached to an aromatic ring is 1. The molecular formula is C11H16N6O2S. The maximum Gasteiger partial charge on any atom is 0.323 e. The standard InChI is InChI=1S/C11H16N6O2S/c1-2-19-11-15-9(14-10(16-11)17-12)13-5-8(18)7-3-4-20-6-7/h3-4,6,8,18H,2,5,12H2,1H3,(H2,13,14,15,16,17). The molecule has 0 aliphatic heterocycles. The average Bonchev–Trinajstić information content (AvgIpc) is 2.99. The molecular weight excluding hydrogens is 280 g/mol. The predicted octanol–water partition coefficient (Wildman–Crippen LogP) is 0.763. The summed E-state index contributed by atoms with van der Waals surface area (Å²) < 4.78 is 5.21. The first-order valence-electron chi connectivity index (χ1n) is 6.02. The molecule has 0 radical (unpaired) electrons. The fourth-order valence-corrected chi connectivity index (χ4v) is 2.17. The number of nitrogens with two attached hydrogens (primary N) is 1. The second kappa shape index (κ2) is 6.98. The molecule has 20 heavy (non-hydrogen) atoms. The third-order valence-electron chi connectivity index (χ3n) is 2.40. The topological polar surface area (TPSA) is 118 Å². The van der Waals surface area contributed by atoms with E-state index in [2.05, 4.69) is 25.7 Å². The summed E-state index contributed by atoms with van der Waals surface area (Å²) in [6, 6.07) is 2.03. The Morgan fingerprint density at radius 1 is 1.40 bits per heavy atom. The van der Waals surface area contributed by atoms with Crippen LogP contribution in [0.1, 0.15) is 18.6 Å². The smallest absolute Gasteiger partial charge is 0.323 e. The molecule has 0 fully saturated rings. The first-order valence-corrected chi connectivity index (χ1v) is 6.96. The lowest BCUT2D eigenvalue weighted by Crippen LogP contribution is -2.17. The minimum absolute atomic E-state index is 0.169. The van der Waals surface area contributed by atoms with Crippen LogP contribution in [-0.4, -0.2) is 33.2 Å². The Morgan fingerprint density at radius 3 is 2.85 bits per heavy atom. The third-order valence-corrected chi connectivity index (χ3v) is 3.10. The molecule has 0 aliphatic rings. The van der Waals surface area contributed by atoms with Gasteiger partial charge in [-0.25, -0.2) is 5.84 Å². The molecule has 0 aromatic carbocycles. The van der Waals surface area contributed by atoms with Gasteiger partial charge in [-0.05, 0) is 29.3 Å². The fraction of sp³-hybridized carbons (Fsp3) is 0.364. The van der Waals surface area contributed by atoms with Crippen molar-refractivity contribution >= 4 is 23.2 Å². The quantitative estimate of drug-likeness (QED) is 0.437. The van der Waals surface area contributed by atoms with Gasteiger partial charge in [-0.2, -0.15) is 26.3 Å². The van der Waals surface area contributed by atoms with E-state index in [-0.39, 0.29) is 24.5 Å². The minimum atomic E-state index is -0.636. The highest BCUT2D eigenvalue weighted by atomic mass is 32.1. The summed E-state index contributed by atoms with van der Waals surface area (Å²) in [6.07, 6.45) is -0.636. The number of hydrogen-bond acceptors (Lipinski definition) is 9. The van der Waals surface area contributed by atoms with Crippen molar-refractivity contribution in [3.05, 3.63) is 22.4 Å². The number of nitrogens with one attached hydrogen (secondary N) is 2. The van der Waals surface area contributed by atoms with Gasteiger partial charge in [0.2, 0.25) is 11.9 Å². The largest absolute Gasteiger partial charge is 0.464 e. The molecule has 5 N–H and O–H groups in total. The summed E-state index contributed by atoms with van der Waals surface area (Å²) in [5, 5.41) is 16.7. The highest BCUT2D eigenvalue weighted by molar-refractivity contribution is 7.07. The van der Waals surface area contributed by atoms with Crippen LogP contribution in [0.15, 0.2) is 16.8 Å². The van der Waals surface area contributed by atoms with Gasteiger partial charge in [-0.15, -0.1) is 0 Å². The number of nitrogens with zero attached hydrogens (tertiary/aromatic N) is 3. The minimum Gasteiger partial charge on any atom is -0.464 e. The molecule has 2 aromatic heterocycles. The van der Waals surface area contributed by atoms with E-state index in [0.717, 1.165) is 5.56 Å². The van der Waals surface area contributed by atoms with E-state index in [1.54, 1.807) is 0 Å². The van der Waals surface area contributed by atoms with E-state index in [4.69, 9.17) is 10.6 Å². The third kappa shape index (κ3) is 3.76. The molecule has 0 amide bonds. The van der Waals surface area contributed by atoms with Gasteiger partial charge in [-0.3, -0.25) is 5.43 Å². The first-order chi connectivity index (χ1) is 9.72. The van der Waals surface area contributed by atoms with E-state index in [9.17, 15) is 5.11 Å². The normalized spacial score (nSPS) is 11.9. The molecule has 2 rings (SSSR count). The molecule has 0 aliphatic carbocycles. The lowest BCUT2D eigenvalue weighted by molar-refractivity contribution is 0.192. The maximum atomic E-state index is 9.97. The Bertz CT molecular complexity index is 536. The zero-order valence-corrected chi connectivity index (χ0v) is 11.7. The van der Waals surface area contributed by atoms with Crippen molar-refractivity contribution in [1.29, 1.82) is 0 Å². The van der Waals surface area contributed by atoms with Crippen LogP contribution in [0.5, 0.6) is 6.01 Å². The summed E-state index contributed by atoms with van der Waals surface area (Å²) in [5.74, 6) is 5.76. The predicted molar refractivity (Wildman–Crippen MR) is 76.6 cm³/mol. The molecule has 8 nitrogen and oxygen atoms in total. The summed E-state index contributed by atoms with van der Waals surface area (Å²) in [4.78, 5) is 12.0. The highest BCUT2D eigenvalue weighted by Crippen LogP contribution is 2.17. The molecule has 2 heterocycles. The Kier molecular flexibility index (Phi) is 5.04. The average molecular weight is 296 g/mol. The number of hydrogen-bond donors (Lipinski definition) is 4. The second-order valence-corrected chi connectivity index (χ2v) is 4.58. The second-order valence-electron chi connectivity index (χ2n) is 3.80. The zero-order chi connectivity index (χ0) is 14.4. The van der Waals surface area contributed by atoms with Crippen LogP contribution in [-0.2, 0) is 0 Å². The lowest BCUT2D eigenvalue weighted by atomic mass is 10.2. The summed E-state index contributed by atoms with van der Waals surface area (Å²) in [5.41, 5.74) is 3.18. The van der Waals surface area contributed by atoms with Crippen LogP contribution in [0.2, 0.25) is 0 Å². The molecule has 0 saturated carbocycles. The SMILES string of the molecule is CCOc1nc(NN)nc(NCC(O)c2ccsc2)n1. The van der Waals surface area contributed by atoms with Crippen LogP contribution >= 0.6 is 11.3 Å². The van der Waals surface area contributed by atoms with Crippen LogP contribution in [0.4, 0.5) is 11.9 Å². The Morgan fingerprint density at radius 2 is 2.20 bits per heavy atom. The van der Waals surface area contributed by atoms with Crippen LogP contribution in [0.25, 0.3) is 0 Å². The first kappa shape index (κ1) is 14.4. The van der Waals surface area contributed by atoms with E-state index in [1.165, 1.54) is 11.3 Å². The van der Waals surface area contributed by atoms with E-state index in [0.29, 0.717) is 6.61 Å². The number of aliphatic hydroxyl groups excluding tert-OH is 1. The van der Waals surface area contributed by atoms with Gasteiger partial charge < -0.3 is 15.2 Å². The van der Waals surface area contributed by atoms with Crippen molar-refractivity contribution in [1.82, 2.24) is 15.0 Å². The van der Waals surface area contributed by atoms with Crippen molar-refractivity contribution < 1.29 is 9.84 Å². The van der Waals surface area contributed by atoms with Gasteiger partial charge in [0.25, 0.3) is 0 Å². The summed E-state index contributed by atoms with van der Waals surface area (Å²) in [6.45, 7) is 2.54. The number of aromatic nitrogens is 3. The monoisotopic (exact) mass is 296 g/mol. The molecule has 2 aromatic rings. The molecule has 1 atom stereocenters. The van der Waals surface area contributed by atoms with Crippen molar-refractivity contribution in [3.8, 4) is 6.01 Å². The number of rotatable bonds is 7. The van der Waals surface area contributed by atoms with E-state index in [1.807, 2.05) is 23.8 Å². The zero-order valence-electron chi connectivity index (χ0n) is 10.9. The molecule has 0 spiro atoms. The summed E-state index contributed by atoms with van der Waals surface area (Å²) in [7, 11) is 0. The number of thiophene rings is 1. The molecule has 9 heteroatoms. The van der Waals surface area contributed by atoms with Crippen LogP contribution in [0, 0.1) is 0 Å². The molecule has 108 valence electrons. The molecule has 0 saturated heterocycles. The molecule has 1 unspecified atom stereocenters. The van der Waals surface area contributed by atoms with Crippen molar-refractivity contribution in [3.63, 3.8) is 0 Å². The number of anilines is 2. The van der Waals surface area contributed by atoms with Crippen LogP contribution in [0.3, 0.4) is 0 Å². The van der Waals surface area contributed by atoms with Gasteiger partial charge in [-0.1, -0.05) is 0 Å². The van der Waals surface area contributed by atoms with E-state index >= 15 is 0 Å². The number of ether oxygens (including phenoxy) is 1. The lowest BCUT2D eigenvalue weighted by Gasteiger charge is -2.11. The van der Waals surface area contributed by atoms with Gasteiger partial charge >= 0.3 is 6.01 Å². The van der Waals surface area contributed by atoms with Crippen molar-refractivity contribution in [2.75, 3.05) is 23.9 Å². The maximum absolute atomic E-state index is 9.97. The number of hydrazine groups is 1. The van der Waals surface area contributed by atoms with Gasteiger partial charge in [0.1, 0.15) is 0 Å². The van der Waals surface area contributed by atoms with E-state index < -0.39 is 6.10 Å². The number of aliphatic hydroxyl groups is 1. The van der Waals surface area contributed by atoms with Gasteiger partial charge in [0.05, 0.1) is 12.7 Å². The highest BCUT2D eigenvalue weighted by Gasteiger charge is 2.10. The molecule has 0 bridgehead atoms. The van der Waals surface area contributed by atoms with Gasteiger partial charge in [0.15, 0.2) is 0 Å².